The maximum atomic E-state index is 12.6. The highest BCUT2D eigenvalue weighted by molar-refractivity contribution is 5.41. The monoisotopic (exact) mass is 187 g/mol. The number of halogens is 1. The van der Waals surface area contributed by atoms with Gasteiger partial charge in [0.1, 0.15) is 5.75 Å². The molecule has 0 amide bonds. The number of benzene rings is 1. The summed E-state index contributed by atoms with van der Waals surface area (Å²) in [6, 6.07) is 0.914. The predicted octanol–water partition coefficient (Wildman–Crippen LogP) is 0.229. The maximum Gasteiger partial charge on any atom is 0.168 e. The molecule has 13 heavy (non-hydrogen) atoms. The second kappa shape index (κ2) is 3.59. The lowest BCUT2D eigenvalue weighted by Gasteiger charge is -2.11. The Kier molecular flexibility index (Phi) is 2.69. The number of phenolic OH excluding ortho intramolecular Hbond substituents is 2. The quantitative estimate of drug-likeness (QED) is 0.499. The van der Waals surface area contributed by atoms with Crippen LogP contribution in [0.5, 0.6) is 11.5 Å². The highest BCUT2D eigenvalue weighted by Gasteiger charge is 2.13. The first-order valence-corrected chi connectivity index (χ1v) is 3.64. The highest BCUT2D eigenvalue weighted by atomic mass is 19.1. The van der Waals surface area contributed by atoms with Gasteiger partial charge in [0.15, 0.2) is 11.6 Å². The van der Waals surface area contributed by atoms with Gasteiger partial charge in [-0.3, -0.25) is 0 Å². The lowest BCUT2D eigenvalue weighted by Crippen LogP contribution is -2.14. The van der Waals surface area contributed by atoms with Crippen LogP contribution in [0.3, 0.4) is 0 Å². The molecule has 1 unspecified atom stereocenters. The van der Waals surface area contributed by atoms with E-state index in [-0.39, 0.29) is 11.3 Å². The van der Waals surface area contributed by atoms with E-state index in [9.17, 15) is 9.50 Å². The van der Waals surface area contributed by atoms with Crippen LogP contribution in [-0.4, -0.2) is 21.9 Å². The third-order valence-electron chi connectivity index (χ3n) is 1.69. The van der Waals surface area contributed by atoms with Crippen molar-refractivity contribution in [2.75, 3.05) is 6.61 Å². The number of phenols is 2. The number of aliphatic hydroxyl groups is 1. The van der Waals surface area contributed by atoms with Gasteiger partial charge in [-0.15, -0.1) is 0 Å². The number of nitrogens with two attached hydrogens (primary N) is 1. The smallest absolute Gasteiger partial charge is 0.168 e. The van der Waals surface area contributed by atoms with E-state index < -0.39 is 24.2 Å². The van der Waals surface area contributed by atoms with Crippen molar-refractivity contribution in [1.82, 2.24) is 0 Å². The van der Waals surface area contributed by atoms with Crippen LogP contribution in [0.25, 0.3) is 0 Å². The molecule has 0 fully saturated rings. The number of aromatic hydroxyl groups is 2. The fourth-order valence-corrected chi connectivity index (χ4v) is 0.963. The van der Waals surface area contributed by atoms with E-state index in [1.165, 1.54) is 0 Å². The van der Waals surface area contributed by atoms with Crippen LogP contribution < -0.4 is 5.73 Å². The van der Waals surface area contributed by atoms with Crippen LogP contribution in [-0.2, 0) is 0 Å². The number of rotatable bonds is 2. The number of aliphatic hydroxyl groups excluding tert-OH is 1. The first-order chi connectivity index (χ1) is 6.06. The molecule has 1 rings (SSSR count). The summed E-state index contributed by atoms with van der Waals surface area (Å²) in [5.41, 5.74) is 5.48. The van der Waals surface area contributed by atoms with Crippen LogP contribution in [0.2, 0.25) is 0 Å². The summed E-state index contributed by atoms with van der Waals surface area (Å²) in [6.07, 6.45) is 0. The molecule has 0 bridgehead atoms. The molecule has 1 atom stereocenters. The minimum atomic E-state index is -0.925. The molecule has 1 aromatic rings. The third-order valence-corrected chi connectivity index (χ3v) is 1.69. The maximum absolute atomic E-state index is 12.6. The highest BCUT2D eigenvalue weighted by Crippen LogP contribution is 2.29. The predicted molar refractivity (Wildman–Crippen MR) is 43.7 cm³/mol. The fourth-order valence-electron chi connectivity index (χ4n) is 0.963. The van der Waals surface area contributed by atoms with E-state index in [0.717, 1.165) is 12.1 Å². The second-order valence-corrected chi connectivity index (χ2v) is 2.65. The molecule has 0 saturated carbocycles. The van der Waals surface area contributed by atoms with Crippen molar-refractivity contribution < 1.29 is 19.7 Å². The SMILES string of the molecule is NC(CO)c1cc(O)c(F)cc1O. The topological polar surface area (TPSA) is 86.7 Å². The Morgan fingerprint density at radius 2 is 1.92 bits per heavy atom. The van der Waals surface area contributed by atoms with E-state index in [1.807, 2.05) is 0 Å². The zero-order valence-electron chi connectivity index (χ0n) is 6.74. The minimum Gasteiger partial charge on any atom is -0.507 e. The van der Waals surface area contributed by atoms with Gasteiger partial charge in [-0.05, 0) is 6.07 Å². The molecule has 0 aliphatic carbocycles. The molecule has 4 nitrogen and oxygen atoms in total. The molecule has 0 aliphatic rings. The third kappa shape index (κ3) is 1.88. The molecule has 0 radical (unpaired) electrons. The van der Waals surface area contributed by atoms with E-state index in [2.05, 4.69) is 0 Å². The standard InChI is InChI=1S/C8H10FNO3/c9-5-2-7(12)4(1-8(5)13)6(10)3-11/h1-2,6,11-13H,3,10H2. The van der Waals surface area contributed by atoms with Gasteiger partial charge in [0, 0.05) is 11.6 Å². The van der Waals surface area contributed by atoms with Crippen molar-refractivity contribution in [3.8, 4) is 11.5 Å². The Balaban J connectivity index is 3.15. The Morgan fingerprint density at radius 1 is 1.31 bits per heavy atom. The van der Waals surface area contributed by atoms with Gasteiger partial charge in [-0.25, -0.2) is 4.39 Å². The van der Waals surface area contributed by atoms with E-state index >= 15 is 0 Å². The molecule has 0 spiro atoms. The molecular weight excluding hydrogens is 177 g/mol. The zero-order chi connectivity index (χ0) is 10.0. The first kappa shape index (κ1) is 9.76. The summed E-state index contributed by atoms with van der Waals surface area (Å²) >= 11 is 0. The van der Waals surface area contributed by atoms with Crippen LogP contribution in [0.15, 0.2) is 12.1 Å². The number of hydrogen-bond acceptors (Lipinski definition) is 4. The Hall–Kier alpha value is -1.33. The molecule has 0 aromatic heterocycles. The van der Waals surface area contributed by atoms with Crippen LogP contribution in [0, 0.1) is 5.82 Å². The van der Waals surface area contributed by atoms with E-state index in [0.29, 0.717) is 0 Å². The lowest BCUT2D eigenvalue weighted by molar-refractivity contribution is 0.264. The lowest BCUT2D eigenvalue weighted by atomic mass is 10.1. The zero-order valence-corrected chi connectivity index (χ0v) is 6.74. The van der Waals surface area contributed by atoms with Crippen molar-refractivity contribution >= 4 is 0 Å². The van der Waals surface area contributed by atoms with Gasteiger partial charge in [-0.2, -0.15) is 0 Å². The molecule has 72 valence electrons. The summed E-state index contributed by atoms with van der Waals surface area (Å²) in [5.74, 6) is -1.90. The molecule has 1 aromatic carbocycles. The van der Waals surface area contributed by atoms with E-state index in [1.54, 1.807) is 0 Å². The molecule has 5 N–H and O–H groups in total. The fraction of sp³-hybridized carbons (Fsp3) is 0.250. The van der Waals surface area contributed by atoms with Crippen molar-refractivity contribution in [3.63, 3.8) is 0 Å². The van der Waals surface area contributed by atoms with Gasteiger partial charge >= 0.3 is 0 Å². The Morgan fingerprint density at radius 3 is 2.46 bits per heavy atom. The number of hydrogen-bond donors (Lipinski definition) is 4. The van der Waals surface area contributed by atoms with Gasteiger partial charge in [0.25, 0.3) is 0 Å². The summed E-state index contributed by atoms with van der Waals surface area (Å²) in [7, 11) is 0. The largest absolute Gasteiger partial charge is 0.507 e. The van der Waals surface area contributed by atoms with Gasteiger partial charge in [0.05, 0.1) is 12.6 Å². The van der Waals surface area contributed by atoms with Crippen LogP contribution in [0.1, 0.15) is 11.6 Å². The minimum absolute atomic E-state index is 0.112. The van der Waals surface area contributed by atoms with Gasteiger partial charge < -0.3 is 21.1 Å². The summed E-state index contributed by atoms with van der Waals surface area (Å²) < 4.78 is 12.6. The Bertz CT molecular complexity index is 317. The average molecular weight is 187 g/mol. The van der Waals surface area contributed by atoms with Crippen LogP contribution >= 0.6 is 0 Å². The van der Waals surface area contributed by atoms with Gasteiger partial charge in [-0.1, -0.05) is 0 Å². The average Bonchev–Trinajstić information content (AvgIpc) is 2.10. The van der Waals surface area contributed by atoms with Gasteiger partial charge in [0.2, 0.25) is 0 Å². The molecule has 0 aliphatic heterocycles. The van der Waals surface area contributed by atoms with Crippen molar-refractivity contribution in [2.45, 2.75) is 6.04 Å². The molecular formula is C8H10FNO3. The second-order valence-electron chi connectivity index (χ2n) is 2.65. The van der Waals surface area contributed by atoms with Crippen molar-refractivity contribution in [2.24, 2.45) is 5.73 Å². The van der Waals surface area contributed by atoms with Crippen molar-refractivity contribution in [1.29, 1.82) is 0 Å². The molecule has 0 heterocycles. The molecule has 5 heteroatoms. The first-order valence-electron chi connectivity index (χ1n) is 3.64. The summed E-state index contributed by atoms with van der Waals surface area (Å²) in [6.45, 7) is -0.390. The normalized spacial score (nSPS) is 12.8. The summed E-state index contributed by atoms with van der Waals surface area (Å²) in [5, 5.41) is 26.8. The Labute approximate surface area is 74.0 Å². The van der Waals surface area contributed by atoms with Crippen molar-refractivity contribution in [3.05, 3.63) is 23.5 Å². The molecule has 0 saturated heterocycles. The summed E-state index contributed by atoms with van der Waals surface area (Å²) in [4.78, 5) is 0. The van der Waals surface area contributed by atoms with Crippen LogP contribution in [0.4, 0.5) is 4.39 Å². The van der Waals surface area contributed by atoms with E-state index in [4.69, 9.17) is 15.9 Å².